The Kier molecular flexibility index (Phi) is 6.48. The zero-order valence-electron chi connectivity index (χ0n) is 18.2. The molecule has 0 atom stereocenters. The molecule has 4 rings (SSSR count). The van der Waals surface area contributed by atoms with Crippen molar-refractivity contribution in [2.75, 3.05) is 16.8 Å². The molecule has 0 saturated carbocycles. The lowest BCUT2D eigenvalue weighted by atomic mass is 10.1. The van der Waals surface area contributed by atoms with Crippen LogP contribution in [0.1, 0.15) is 16.7 Å². The predicted octanol–water partition coefficient (Wildman–Crippen LogP) is 6.21. The van der Waals surface area contributed by atoms with E-state index in [1.54, 1.807) is 36.4 Å². The molecule has 3 aromatic carbocycles. The largest absolute Gasteiger partial charge is 0.324 e. The average Bonchev–Trinajstić information content (AvgIpc) is 3.27. The predicted molar refractivity (Wildman–Crippen MR) is 130 cm³/mol. The molecule has 164 valence electrons. The van der Waals surface area contributed by atoms with Crippen LogP contribution in [0.3, 0.4) is 0 Å². The van der Waals surface area contributed by atoms with Gasteiger partial charge >= 0.3 is 0 Å². The third-order valence-corrected chi connectivity index (χ3v) is 5.82. The molecule has 0 bridgehead atoms. The van der Waals surface area contributed by atoms with Crippen LogP contribution in [-0.2, 0) is 4.79 Å². The lowest BCUT2D eigenvalue weighted by Gasteiger charge is -2.22. The Hall–Kier alpha value is -4.02. The van der Waals surface area contributed by atoms with Crippen molar-refractivity contribution < 1.29 is 9.18 Å². The highest BCUT2D eigenvalue weighted by molar-refractivity contribution is 7.14. The Labute approximate surface area is 195 Å². The van der Waals surface area contributed by atoms with Gasteiger partial charge in [-0.1, -0.05) is 12.1 Å². The molecule has 33 heavy (non-hydrogen) atoms. The van der Waals surface area contributed by atoms with Crippen molar-refractivity contribution in [1.82, 2.24) is 4.98 Å². The van der Waals surface area contributed by atoms with Crippen LogP contribution in [-0.4, -0.2) is 17.4 Å². The van der Waals surface area contributed by atoms with E-state index in [1.807, 2.05) is 36.3 Å². The fourth-order valence-corrected chi connectivity index (χ4v) is 4.38. The SMILES string of the molecule is Cc1cc(C)cc(N(CC(=O)Nc2cccc(C#N)c2)c2nc(-c3ccc(F)cc3)cs2)c1. The number of aromatic nitrogens is 1. The molecule has 4 aromatic rings. The van der Waals surface area contributed by atoms with Gasteiger partial charge in [-0.2, -0.15) is 5.26 Å². The van der Waals surface area contributed by atoms with Gasteiger partial charge in [-0.3, -0.25) is 4.79 Å². The van der Waals surface area contributed by atoms with Crippen molar-refractivity contribution in [3.05, 3.63) is 94.6 Å². The summed E-state index contributed by atoms with van der Waals surface area (Å²) in [5, 5.41) is 14.5. The maximum Gasteiger partial charge on any atom is 0.244 e. The Bertz CT molecular complexity index is 1320. The van der Waals surface area contributed by atoms with Crippen LogP contribution in [0.2, 0.25) is 0 Å². The molecule has 0 radical (unpaired) electrons. The number of hydrogen-bond acceptors (Lipinski definition) is 5. The van der Waals surface area contributed by atoms with E-state index < -0.39 is 0 Å². The van der Waals surface area contributed by atoms with Gasteiger partial charge in [0.05, 0.1) is 17.3 Å². The Morgan fingerprint density at radius 3 is 2.52 bits per heavy atom. The first-order valence-corrected chi connectivity index (χ1v) is 11.2. The Morgan fingerprint density at radius 2 is 1.82 bits per heavy atom. The molecule has 0 aliphatic heterocycles. The van der Waals surface area contributed by atoms with Gasteiger partial charge in [0.1, 0.15) is 12.4 Å². The minimum atomic E-state index is -0.303. The number of anilines is 3. The zero-order chi connectivity index (χ0) is 23.4. The molecule has 0 aliphatic carbocycles. The van der Waals surface area contributed by atoms with Gasteiger partial charge in [-0.05, 0) is 79.6 Å². The molecule has 0 spiro atoms. The minimum Gasteiger partial charge on any atom is -0.324 e. The summed E-state index contributed by atoms with van der Waals surface area (Å²) in [6.07, 6.45) is 0. The molecule has 0 saturated heterocycles. The summed E-state index contributed by atoms with van der Waals surface area (Å²) in [7, 11) is 0. The second-order valence-electron chi connectivity index (χ2n) is 7.70. The first-order valence-electron chi connectivity index (χ1n) is 10.3. The van der Waals surface area contributed by atoms with Crippen LogP contribution >= 0.6 is 11.3 Å². The molecule has 0 unspecified atom stereocenters. The minimum absolute atomic E-state index is 0.0377. The lowest BCUT2D eigenvalue weighted by molar-refractivity contribution is -0.114. The third kappa shape index (κ3) is 5.43. The van der Waals surface area contributed by atoms with Crippen molar-refractivity contribution in [3.63, 3.8) is 0 Å². The molecule has 1 aromatic heterocycles. The van der Waals surface area contributed by atoms with Crippen molar-refractivity contribution >= 4 is 33.8 Å². The van der Waals surface area contributed by atoms with E-state index in [2.05, 4.69) is 17.5 Å². The highest BCUT2D eigenvalue weighted by Crippen LogP contribution is 2.33. The number of carbonyl (C=O) groups excluding carboxylic acids is 1. The molecule has 5 nitrogen and oxygen atoms in total. The maximum absolute atomic E-state index is 13.3. The molecule has 0 aliphatic rings. The highest BCUT2D eigenvalue weighted by Gasteiger charge is 2.19. The number of nitrogens with one attached hydrogen (secondary N) is 1. The monoisotopic (exact) mass is 456 g/mol. The van der Waals surface area contributed by atoms with E-state index in [9.17, 15) is 9.18 Å². The van der Waals surface area contributed by atoms with E-state index >= 15 is 0 Å². The fourth-order valence-electron chi connectivity index (χ4n) is 3.53. The van der Waals surface area contributed by atoms with Gasteiger partial charge in [-0.25, -0.2) is 9.37 Å². The first-order chi connectivity index (χ1) is 15.9. The second-order valence-corrected chi connectivity index (χ2v) is 8.53. The number of benzene rings is 3. The van der Waals surface area contributed by atoms with Gasteiger partial charge in [-0.15, -0.1) is 11.3 Å². The number of nitrogens with zero attached hydrogens (tertiary/aromatic N) is 3. The van der Waals surface area contributed by atoms with Crippen LogP contribution in [0.15, 0.2) is 72.1 Å². The quantitative estimate of drug-likeness (QED) is 0.374. The van der Waals surface area contributed by atoms with E-state index in [0.29, 0.717) is 22.1 Å². The number of hydrogen-bond donors (Lipinski definition) is 1. The summed E-state index contributed by atoms with van der Waals surface area (Å²) in [4.78, 5) is 19.5. The summed E-state index contributed by atoms with van der Waals surface area (Å²) in [5.41, 5.74) is 5.56. The molecule has 0 fully saturated rings. The van der Waals surface area contributed by atoms with E-state index in [0.717, 1.165) is 22.4 Å². The van der Waals surface area contributed by atoms with Crippen molar-refractivity contribution in [2.45, 2.75) is 13.8 Å². The number of aryl methyl sites for hydroxylation is 2. The maximum atomic E-state index is 13.3. The zero-order valence-corrected chi connectivity index (χ0v) is 19.0. The third-order valence-electron chi connectivity index (χ3n) is 4.96. The van der Waals surface area contributed by atoms with Gasteiger partial charge < -0.3 is 10.2 Å². The molecular formula is C26H21FN4OS. The molecule has 7 heteroatoms. The van der Waals surface area contributed by atoms with E-state index in [4.69, 9.17) is 10.2 Å². The summed E-state index contributed by atoms with van der Waals surface area (Å²) in [6, 6.07) is 21.1. The first kappa shape index (κ1) is 22.2. The smallest absolute Gasteiger partial charge is 0.244 e. The summed E-state index contributed by atoms with van der Waals surface area (Å²) in [6.45, 7) is 4.05. The number of nitriles is 1. The second kappa shape index (κ2) is 9.63. The number of amides is 1. The average molecular weight is 457 g/mol. The normalized spacial score (nSPS) is 10.5. The molecule has 1 N–H and O–H groups in total. The van der Waals surface area contributed by atoms with E-state index in [1.165, 1.54) is 23.5 Å². The summed E-state index contributed by atoms with van der Waals surface area (Å²) >= 11 is 1.42. The van der Waals surface area contributed by atoms with Gasteiger partial charge in [0.25, 0.3) is 0 Å². The van der Waals surface area contributed by atoms with Gasteiger partial charge in [0, 0.05) is 22.3 Å². The summed E-state index contributed by atoms with van der Waals surface area (Å²) in [5.74, 6) is -0.536. The Morgan fingerprint density at radius 1 is 1.09 bits per heavy atom. The fraction of sp³-hybridized carbons (Fsp3) is 0.115. The Balaban J connectivity index is 1.65. The van der Waals surface area contributed by atoms with Crippen LogP contribution in [0.5, 0.6) is 0 Å². The van der Waals surface area contributed by atoms with Crippen molar-refractivity contribution in [2.24, 2.45) is 0 Å². The molecular weight excluding hydrogens is 435 g/mol. The molecule has 1 heterocycles. The number of carbonyl (C=O) groups is 1. The van der Waals surface area contributed by atoms with Crippen LogP contribution in [0, 0.1) is 31.0 Å². The highest BCUT2D eigenvalue weighted by atomic mass is 32.1. The van der Waals surface area contributed by atoms with Gasteiger partial charge in [0.15, 0.2) is 5.13 Å². The van der Waals surface area contributed by atoms with Crippen molar-refractivity contribution in [1.29, 1.82) is 5.26 Å². The van der Waals surface area contributed by atoms with Crippen molar-refractivity contribution in [3.8, 4) is 17.3 Å². The lowest BCUT2D eigenvalue weighted by Crippen LogP contribution is -2.30. The summed E-state index contributed by atoms with van der Waals surface area (Å²) < 4.78 is 13.3. The van der Waals surface area contributed by atoms with Crippen LogP contribution in [0.4, 0.5) is 20.9 Å². The molecule has 1 amide bonds. The number of halogens is 1. The topological polar surface area (TPSA) is 69.0 Å². The number of rotatable bonds is 6. The van der Waals surface area contributed by atoms with Crippen LogP contribution < -0.4 is 10.2 Å². The van der Waals surface area contributed by atoms with Crippen LogP contribution in [0.25, 0.3) is 11.3 Å². The standard InChI is InChI=1S/C26H21FN4OS/c1-17-10-18(2)12-23(11-17)31(15-25(32)29-22-5-3-4-19(13-22)14-28)26-30-24(16-33-26)20-6-8-21(27)9-7-20/h3-13,16H,15H2,1-2H3,(H,29,32). The van der Waals surface area contributed by atoms with E-state index in [-0.39, 0.29) is 18.3 Å². The van der Waals surface area contributed by atoms with Gasteiger partial charge in [0.2, 0.25) is 5.91 Å². The number of thiazole rings is 1.